The average molecular weight is 307 g/mol. The van der Waals surface area contributed by atoms with Crippen LogP contribution in [0.4, 0.5) is 5.82 Å². The van der Waals surface area contributed by atoms with Crippen LogP contribution >= 0.6 is 0 Å². The van der Waals surface area contributed by atoms with Crippen molar-refractivity contribution in [2.45, 2.75) is 6.42 Å². The van der Waals surface area contributed by atoms with E-state index in [0.29, 0.717) is 11.5 Å². The van der Waals surface area contributed by atoms with E-state index in [2.05, 4.69) is 33.0 Å². The number of aromatic nitrogens is 5. The van der Waals surface area contributed by atoms with E-state index < -0.39 is 0 Å². The molecule has 0 bridgehead atoms. The van der Waals surface area contributed by atoms with Crippen molar-refractivity contribution >= 4 is 23.2 Å². The SMILES string of the molecule is C=Cn1cc(-c2cnc3c(N)nc(C4=CCCNC4)cn23)cn1. The van der Waals surface area contributed by atoms with Crippen LogP contribution in [0, 0.1) is 0 Å². The van der Waals surface area contributed by atoms with Gasteiger partial charge < -0.3 is 11.1 Å². The number of imidazole rings is 1. The second kappa shape index (κ2) is 5.36. The number of hydrogen-bond acceptors (Lipinski definition) is 5. The Bertz CT molecular complexity index is 916. The van der Waals surface area contributed by atoms with Crippen molar-refractivity contribution in [3.05, 3.63) is 43.1 Å². The Morgan fingerprint density at radius 3 is 2.96 bits per heavy atom. The van der Waals surface area contributed by atoms with E-state index in [9.17, 15) is 0 Å². The van der Waals surface area contributed by atoms with Gasteiger partial charge in [0.25, 0.3) is 0 Å². The smallest absolute Gasteiger partial charge is 0.180 e. The molecule has 0 aromatic carbocycles. The van der Waals surface area contributed by atoms with E-state index in [0.717, 1.165) is 42.0 Å². The highest BCUT2D eigenvalue weighted by atomic mass is 15.2. The van der Waals surface area contributed by atoms with E-state index in [1.165, 1.54) is 0 Å². The number of nitrogen functional groups attached to an aromatic ring is 1. The molecule has 0 radical (unpaired) electrons. The molecule has 0 fully saturated rings. The van der Waals surface area contributed by atoms with Crippen LogP contribution in [0.5, 0.6) is 0 Å². The Kier molecular flexibility index (Phi) is 3.20. The van der Waals surface area contributed by atoms with Crippen LogP contribution in [-0.2, 0) is 0 Å². The topological polar surface area (TPSA) is 86.1 Å². The zero-order valence-electron chi connectivity index (χ0n) is 12.6. The first kappa shape index (κ1) is 13.7. The lowest BCUT2D eigenvalue weighted by atomic mass is 10.1. The molecule has 7 heteroatoms. The van der Waals surface area contributed by atoms with Gasteiger partial charge in [-0.3, -0.25) is 4.40 Å². The van der Waals surface area contributed by atoms with E-state index in [1.54, 1.807) is 23.3 Å². The van der Waals surface area contributed by atoms with Gasteiger partial charge in [-0.25, -0.2) is 14.6 Å². The molecular weight excluding hydrogens is 290 g/mol. The van der Waals surface area contributed by atoms with Crippen molar-refractivity contribution in [1.82, 2.24) is 29.5 Å². The number of rotatable bonds is 3. The van der Waals surface area contributed by atoms with Gasteiger partial charge in [0.1, 0.15) is 0 Å². The molecule has 0 saturated heterocycles. The molecule has 7 nitrogen and oxygen atoms in total. The number of anilines is 1. The van der Waals surface area contributed by atoms with E-state index in [1.807, 2.05) is 16.8 Å². The summed E-state index contributed by atoms with van der Waals surface area (Å²) in [6, 6.07) is 0. The molecule has 3 aromatic heterocycles. The second-order valence-electron chi connectivity index (χ2n) is 5.43. The van der Waals surface area contributed by atoms with E-state index >= 15 is 0 Å². The quantitative estimate of drug-likeness (QED) is 0.768. The third kappa shape index (κ3) is 2.31. The van der Waals surface area contributed by atoms with Crippen molar-refractivity contribution in [2.24, 2.45) is 0 Å². The highest BCUT2D eigenvalue weighted by Gasteiger charge is 2.15. The predicted octanol–water partition coefficient (Wildman–Crippen LogP) is 1.65. The Balaban J connectivity index is 1.88. The molecule has 0 atom stereocenters. The molecule has 0 aliphatic carbocycles. The Hall–Kier alpha value is -2.93. The van der Waals surface area contributed by atoms with Gasteiger partial charge in [0.2, 0.25) is 0 Å². The molecule has 1 aliphatic rings. The molecule has 1 aliphatic heterocycles. The number of fused-ring (bicyclic) bond motifs is 1. The monoisotopic (exact) mass is 307 g/mol. The van der Waals surface area contributed by atoms with Gasteiger partial charge in [-0.1, -0.05) is 12.7 Å². The average Bonchev–Trinajstić information content (AvgIpc) is 3.22. The summed E-state index contributed by atoms with van der Waals surface area (Å²) in [7, 11) is 0. The molecule has 116 valence electrons. The fourth-order valence-electron chi connectivity index (χ4n) is 2.79. The number of hydrogen-bond donors (Lipinski definition) is 2. The lowest BCUT2D eigenvalue weighted by Gasteiger charge is -2.14. The molecule has 3 N–H and O–H groups in total. The lowest BCUT2D eigenvalue weighted by molar-refractivity contribution is 0.737. The third-order valence-electron chi connectivity index (χ3n) is 3.96. The summed E-state index contributed by atoms with van der Waals surface area (Å²) >= 11 is 0. The van der Waals surface area contributed by atoms with Crippen LogP contribution in [-0.4, -0.2) is 37.2 Å². The Labute approximate surface area is 133 Å². The summed E-state index contributed by atoms with van der Waals surface area (Å²) in [5.41, 5.74) is 10.7. The standard InChI is InChI=1S/C16H17N7/c1-2-22-9-12(7-20-22)14-8-19-16-15(17)21-13(10-23(14)16)11-4-3-5-18-6-11/h2,4,7-10,18H,1,3,5-6H2,(H2,17,21). The molecule has 0 spiro atoms. The molecule has 3 aromatic rings. The van der Waals surface area contributed by atoms with Crippen LogP contribution in [0.2, 0.25) is 0 Å². The Morgan fingerprint density at radius 1 is 1.30 bits per heavy atom. The van der Waals surface area contributed by atoms with Crippen LogP contribution in [0.25, 0.3) is 28.7 Å². The van der Waals surface area contributed by atoms with Gasteiger partial charge in [0, 0.05) is 30.7 Å². The lowest BCUT2D eigenvalue weighted by Crippen LogP contribution is -2.22. The minimum atomic E-state index is 0.427. The van der Waals surface area contributed by atoms with Crippen LogP contribution in [0.15, 0.2) is 37.4 Å². The van der Waals surface area contributed by atoms with Gasteiger partial charge in [-0.15, -0.1) is 0 Å². The molecule has 4 rings (SSSR count). The second-order valence-corrected chi connectivity index (χ2v) is 5.43. The maximum atomic E-state index is 6.11. The van der Waals surface area contributed by atoms with Gasteiger partial charge in [-0.2, -0.15) is 5.10 Å². The molecule has 0 unspecified atom stereocenters. The fourth-order valence-corrected chi connectivity index (χ4v) is 2.79. The maximum absolute atomic E-state index is 6.11. The van der Waals surface area contributed by atoms with Gasteiger partial charge >= 0.3 is 0 Å². The van der Waals surface area contributed by atoms with Crippen molar-refractivity contribution in [2.75, 3.05) is 18.8 Å². The summed E-state index contributed by atoms with van der Waals surface area (Å²) in [5, 5.41) is 7.57. The summed E-state index contributed by atoms with van der Waals surface area (Å²) in [5.74, 6) is 0.427. The zero-order chi connectivity index (χ0) is 15.8. The van der Waals surface area contributed by atoms with Gasteiger partial charge in [-0.05, 0) is 18.5 Å². The molecule has 0 amide bonds. The minimum absolute atomic E-state index is 0.427. The zero-order valence-corrected chi connectivity index (χ0v) is 12.6. The van der Waals surface area contributed by atoms with E-state index in [-0.39, 0.29) is 0 Å². The van der Waals surface area contributed by atoms with Crippen LogP contribution in [0.3, 0.4) is 0 Å². The first-order chi connectivity index (χ1) is 11.3. The van der Waals surface area contributed by atoms with E-state index in [4.69, 9.17) is 5.73 Å². The highest BCUT2D eigenvalue weighted by molar-refractivity contribution is 5.73. The molecule has 23 heavy (non-hydrogen) atoms. The molecule has 4 heterocycles. The summed E-state index contributed by atoms with van der Waals surface area (Å²) in [4.78, 5) is 8.90. The molecule has 0 saturated carbocycles. The summed E-state index contributed by atoms with van der Waals surface area (Å²) in [6.45, 7) is 5.51. The van der Waals surface area contributed by atoms with Crippen molar-refractivity contribution in [3.8, 4) is 11.3 Å². The third-order valence-corrected chi connectivity index (χ3v) is 3.96. The number of nitrogens with zero attached hydrogens (tertiary/aromatic N) is 5. The Morgan fingerprint density at radius 2 is 2.22 bits per heavy atom. The maximum Gasteiger partial charge on any atom is 0.180 e. The minimum Gasteiger partial charge on any atom is -0.381 e. The van der Waals surface area contributed by atoms with Crippen LogP contribution < -0.4 is 11.1 Å². The van der Waals surface area contributed by atoms with Gasteiger partial charge in [0.15, 0.2) is 11.5 Å². The predicted molar refractivity (Wildman–Crippen MR) is 90.5 cm³/mol. The van der Waals surface area contributed by atoms with Crippen molar-refractivity contribution in [3.63, 3.8) is 0 Å². The van der Waals surface area contributed by atoms with Crippen molar-refractivity contribution < 1.29 is 0 Å². The number of nitrogens with one attached hydrogen (secondary N) is 1. The summed E-state index contributed by atoms with van der Waals surface area (Å²) < 4.78 is 3.63. The van der Waals surface area contributed by atoms with Crippen molar-refractivity contribution in [1.29, 1.82) is 0 Å². The fraction of sp³-hybridized carbons (Fsp3) is 0.188. The number of nitrogens with two attached hydrogens (primary N) is 1. The molecular formula is C16H17N7. The largest absolute Gasteiger partial charge is 0.381 e. The van der Waals surface area contributed by atoms with Crippen LogP contribution in [0.1, 0.15) is 12.1 Å². The first-order valence-corrected chi connectivity index (χ1v) is 7.47. The highest BCUT2D eigenvalue weighted by Crippen LogP contribution is 2.25. The normalized spacial score (nSPS) is 14.9. The first-order valence-electron chi connectivity index (χ1n) is 7.47. The summed E-state index contributed by atoms with van der Waals surface area (Å²) in [6.07, 6.45) is 12.3. The van der Waals surface area contributed by atoms with Gasteiger partial charge in [0.05, 0.1) is 23.8 Å².